The molecule has 8 heteroatoms. The van der Waals surface area contributed by atoms with Crippen molar-refractivity contribution < 1.29 is 17.9 Å². The van der Waals surface area contributed by atoms with Gasteiger partial charge in [0.15, 0.2) is 0 Å². The molecule has 2 aromatic carbocycles. The van der Waals surface area contributed by atoms with E-state index in [0.717, 1.165) is 0 Å². The number of piperazine rings is 1. The van der Waals surface area contributed by atoms with Crippen molar-refractivity contribution in [2.75, 3.05) is 33.3 Å². The first kappa shape index (κ1) is 18.9. The molecule has 0 saturated carbocycles. The lowest BCUT2D eigenvalue weighted by Gasteiger charge is -2.34. The second-order valence-corrected chi connectivity index (χ2v) is 8.71. The topological polar surface area (TPSA) is 66.9 Å². The molecule has 138 valence electrons. The Labute approximate surface area is 161 Å². The number of benzene rings is 2. The van der Waals surface area contributed by atoms with Crippen LogP contribution in [-0.4, -0.2) is 56.8 Å². The predicted molar refractivity (Wildman–Crippen MR) is 102 cm³/mol. The quantitative estimate of drug-likeness (QED) is 0.735. The van der Waals surface area contributed by atoms with Gasteiger partial charge in [-0.25, -0.2) is 8.42 Å². The van der Waals surface area contributed by atoms with Gasteiger partial charge in [-0.2, -0.15) is 4.31 Å². The van der Waals surface area contributed by atoms with E-state index in [2.05, 4.69) is 15.9 Å². The van der Waals surface area contributed by atoms with Gasteiger partial charge in [0.2, 0.25) is 10.0 Å². The van der Waals surface area contributed by atoms with Crippen LogP contribution in [-0.2, 0) is 10.0 Å². The van der Waals surface area contributed by atoms with E-state index in [1.165, 1.54) is 11.4 Å². The molecule has 0 unspecified atom stereocenters. The van der Waals surface area contributed by atoms with Gasteiger partial charge in [0, 0.05) is 30.7 Å². The maximum absolute atomic E-state index is 12.8. The van der Waals surface area contributed by atoms with Gasteiger partial charge in [-0.05, 0) is 30.3 Å². The Hall–Kier alpha value is -1.90. The summed E-state index contributed by atoms with van der Waals surface area (Å²) in [6.07, 6.45) is 0. The van der Waals surface area contributed by atoms with Gasteiger partial charge in [0.25, 0.3) is 5.91 Å². The number of amides is 1. The maximum atomic E-state index is 12.8. The molecule has 1 aliphatic rings. The molecular formula is C18H19BrN2O4S. The zero-order chi connectivity index (χ0) is 18.7. The van der Waals surface area contributed by atoms with E-state index in [4.69, 9.17) is 4.74 Å². The Morgan fingerprint density at radius 2 is 1.73 bits per heavy atom. The van der Waals surface area contributed by atoms with E-state index >= 15 is 0 Å². The highest BCUT2D eigenvalue weighted by molar-refractivity contribution is 9.10. The molecule has 0 aliphatic carbocycles. The van der Waals surface area contributed by atoms with E-state index in [1.807, 2.05) is 0 Å². The highest BCUT2D eigenvalue weighted by Gasteiger charge is 2.31. The summed E-state index contributed by atoms with van der Waals surface area (Å²) in [5.74, 6) is 0.364. The van der Waals surface area contributed by atoms with Crippen LogP contribution in [0.25, 0.3) is 0 Å². The minimum absolute atomic E-state index is 0.151. The number of para-hydroxylation sites is 1. The van der Waals surface area contributed by atoms with Gasteiger partial charge in [0.05, 0.1) is 17.6 Å². The minimum atomic E-state index is -3.57. The van der Waals surface area contributed by atoms with Crippen molar-refractivity contribution in [3.05, 3.63) is 58.6 Å². The SMILES string of the molecule is COc1ccccc1C(=O)N1CCN(S(=O)(=O)c2cccc(Br)c2)CC1. The summed E-state index contributed by atoms with van der Waals surface area (Å²) in [6.45, 7) is 1.19. The van der Waals surface area contributed by atoms with Gasteiger partial charge in [-0.1, -0.05) is 34.1 Å². The molecule has 26 heavy (non-hydrogen) atoms. The zero-order valence-electron chi connectivity index (χ0n) is 14.3. The highest BCUT2D eigenvalue weighted by Crippen LogP contribution is 2.23. The summed E-state index contributed by atoms with van der Waals surface area (Å²) in [5, 5.41) is 0. The van der Waals surface area contributed by atoms with E-state index in [-0.39, 0.29) is 23.9 Å². The lowest BCUT2D eigenvalue weighted by Crippen LogP contribution is -2.50. The summed E-state index contributed by atoms with van der Waals surface area (Å²) in [7, 11) is -2.05. The summed E-state index contributed by atoms with van der Waals surface area (Å²) >= 11 is 3.30. The first-order valence-electron chi connectivity index (χ1n) is 8.11. The Kier molecular flexibility index (Phi) is 5.64. The van der Waals surface area contributed by atoms with Crippen LogP contribution in [0, 0.1) is 0 Å². The van der Waals surface area contributed by atoms with Crippen LogP contribution in [0.5, 0.6) is 5.75 Å². The Morgan fingerprint density at radius 3 is 2.38 bits per heavy atom. The molecular weight excluding hydrogens is 420 g/mol. The van der Waals surface area contributed by atoms with Gasteiger partial charge in [-0.15, -0.1) is 0 Å². The number of nitrogens with zero attached hydrogens (tertiary/aromatic N) is 2. The molecule has 1 saturated heterocycles. The molecule has 0 radical (unpaired) electrons. The number of hydrogen-bond donors (Lipinski definition) is 0. The molecule has 0 atom stereocenters. The molecule has 0 spiro atoms. The predicted octanol–water partition coefficient (Wildman–Crippen LogP) is 2.60. The zero-order valence-corrected chi connectivity index (χ0v) is 16.7. The Balaban J connectivity index is 1.72. The first-order valence-corrected chi connectivity index (χ1v) is 10.3. The van der Waals surface area contributed by atoms with Crippen molar-refractivity contribution in [2.24, 2.45) is 0 Å². The second kappa shape index (κ2) is 7.77. The number of halogens is 1. The second-order valence-electron chi connectivity index (χ2n) is 5.85. The smallest absolute Gasteiger partial charge is 0.257 e. The van der Waals surface area contributed by atoms with Gasteiger partial charge in [-0.3, -0.25) is 4.79 Å². The van der Waals surface area contributed by atoms with Crippen LogP contribution in [0.1, 0.15) is 10.4 Å². The van der Waals surface area contributed by atoms with Crippen LogP contribution >= 0.6 is 15.9 Å². The van der Waals surface area contributed by atoms with Gasteiger partial charge < -0.3 is 9.64 Å². The van der Waals surface area contributed by atoms with Crippen molar-refractivity contribution in [2.45, 2.75) is 4.90 Å². The van der Waals surface area contributed by atoms with E-state index < -0.39 is 10.0 Å². The van der Waals surface area contributed by atoms with E-state index in [1.54, 1.807) is 53.4 Å². The van der Waals surface area contributed by atoms with E-state index in [9.17, 15) is 13.2 Å². The molecule has 6 nitrogen and oxygen atoms in total. The largest absolute Gasteiger partial charge is 0.496 e. The van der Waals surface area contributed by atoms with Crippen LogP contribution in [0.2, 0.25) is 0 Å². The van der Waals surface area contributed by atoms with Crippen molar-refractivity contribution >= 4 is 31.9 Å². The number of carbonyl (C=O) groups is 1. The molecule has 3 rings (SSSR count). The van der Waals surface area contributed by atoms with Crippen LogP contribution < -0.4 is 4.74 Å². The fourth-order valence-electron chi connectivity index (χ4n) is 2.90. The lowest BCUT2D eigenvalue weighted by atomic mass is 10.1. The summed E-state index contributed by atoms with van der Waals surface area (Å²) in [5.41, 5.74) is 0.485. The van der Waals surface area contributed by atoms with Crippen LogP contribution in [0.15, 0.2) is 57.9 Å². The fraction of sp³-hybridized carbons (Fsp3) is 0.278. The number of methoxy groups -OCH3 is 1. The average molecular weight is 439 g/mol. The first-order chi connectivity index (χ1) is 12.4. The maximum Gasteiger partial charge on any atom is 0.257 e. The molecule has 0 aromatic heterocycles. The normalized spacial score (nSPS) is 15.7. The van der Waals surface area contributed by atoms with Crippen molar-refractivity contribution in [3.8, 4) is 5.75 Å². The van der Waals surface area contributed by atoms with Gasteiger partial charge >= 0.3 is 0 Å². The third-order valence-electron chi connectivity index (χ3n) is 4.30. The van der Waals surface area contributed by atoms with Crippen molar-refractivity contribution in [3.63, 3.8) is 0 Å². The van der Waals surface area contributed by atoms with Crippen molar-refractivity contribution in [1.82, 2.24) is 9.21 Å². The lowest BCUT2D eigenvalue weighted by molar-refractivity contribution is 0.0694. The number of carbonyl (C=O) groups excluding carboxylic acids is 1. The monoisotopic (exact) mass is 438 g/mol. The average Bonchev–Trinajstić information content (AvgIpc) is 2.67. The van der Waals surface area contributed by atoms with Crippen LogP contribution in [0.4, 0.5) is 0 Å². The number of sulfonamides is 1. The summed E-state index contributed by atoms with van der Waals surface area (Å²) in [6, 6.07) is 13.7. The molecule has 1 amide bonds. The van der Waals surface area contributed by atoms with E-state index in [0.29, 0.717) is 28.9 Å². The molecule has 1 heterocycles. The summed E-state index contributed by atoms with van der Waals surface area (Å²) < 4.78 is 32.9. The molecule has 1 fully saturated rings. The standard InChI is InChI=1S/C18H19BrN2O4S/c1-25-17-8-3-2-7-16(17)18(22)20-9-11-21(12-10-20)26(23,24)15-6-4-5-14(19)13-15/h2-8,13H,9-12H2,1H3. The molecule has 0 N–H and O–H groups in total. The number of hydrogen-bond acceptors (Lipinski definition) is 4. The number of ether oxygens (including phenoxy) is 1. The Morgan fingerprint density at radius 1 is 1.04 bits per heavy atom. The minimum Gasteiger partial charge on any atom is -0.496 e. The molecule has 2 aromatic rings. The number of rotatable bonds is 4. The Bertz CT molecular complexity index is 909. The molecule has 0 bridgehead atoms. The van der Waals surface area contributed by atoms with Crippen molar-refractivity contribution in [1.29, 1.82) is 0 Å². The third kappa shape index (κ3) is 3.77. The fourth-order valence-corrected chi connectivity index (χ4v) is 4.92. The molecule has 1 aliphatic heterocycles. The third-order valence-corrected chi connectivity index (χ3v) is 6.68. The highest BCUT2D eigenvalue weighted by atomic mass is 79.9. The van der Waals surface area contributed by atoms with Crippen LogP contribution in [0.3, 0.4) is 0 Å². The van der Waals surface area contributed by atoms with Gasteiger partial charge in [0.1, 0.15) is 5.75 Å². The summed E-state index contributed by atoms with van der Waals surface area (Å²) in [4.78, 5) is 14.6.